The molecule has 0 amide bonds. The first-order valence-corrected chi connectivity index (χ1v) is 7.79. The zero-order valence-electron chi connectivity index (χ0n) is 12.1. The average molecular weight is 292 g/mol. The Balaban J connectivity index is 1.43. The molecule has 3 fully saturated rings. The van der Waals surface area contributed by atoms with Crippen molar-refractivity contribution in [2.24, 2.45) is 17.3 Å². The maximum absolute atomic E-state index is 13.6. The molecule has 0 unspecified atom stereocenters. The van der Waals surface area contributed by atoms with Gasteiger partial charge in [-0.15, -0.1) is 0 Å². The van der Waals surface area contributed by atoms with Gasteiger partial charge in [0.05, 0.1) is 19.8 Å². The zero-order chi connectivity index (χ0) is 14.3. The van der Waals surface area contributed by atoms with E-state index in [1.807, 2.05) is 0 Å². The van der Waals surface area contributed by atoms with Crippen LogP contribution in [0.2, 0.25) is 0 Å². The van der Waals surface area contributed by atoms with Gasteiger partial charge in [-0.25, -0.2) is 9.37 Å². The molecule has 3 aliphatic rings. The van der Waals surface area contributed by atoms with Gasteiger partial charge in [0.2, 0.25) is 5.88 Å². The van der Waals surface area contributed by atoms with Gasteiger partial charge in [0.1, 0.15) is 0 Å². The van der Waals surface area contributed by atoms with Crippen molar-refractivity contribution in [3.63, 3.8) is 0 Å². The molecule has 21 heavy (non-hydrogen) atoms. The highest BCUT2D eigenvalue weighted by Crippen LogP contribution is 2.43. The third-order valence-corrected chi connectivity index (χ3v) is 5.03. The second-order valence-corrected chi connectivity index (χ2v) is 6.79. The third-order valence-electron chi connectivity index (χ3n) is 5.03. The standard InChI is InChI=1S/C16H21FN2O2/c17-14-2-1-5-18-15(14)21-11-16-9-19(6-12-3-4-12)7-13(16)8-20-10-16/h1-2,5,12-13H,3-4,6-11H2/t13-,16+/m0/s1. The maximum atomic E-state index is 13.6. The predicted octanol–water partition coefficient (Wildman–Crippen LogP) is 1.96. The second-order valence-electron chi connectivity index (χ2n) is 6.79. The molecule has 3 heterocycles. The Morgan fingerprint density at radius 2 is 2.38 bits per heavy atom. The molecule has 2 saturated heterocycles. The lowest BCUT2D eigenvalue weighted by molar-refractivity contribution is 0.0866. The molecule has 1 aromatic rings. The monoisotopic (exact) mass is 292 g/mol. The Morgan fingerprint density at radius 1 is 1.48 bits per heavy atom. The summed E-state index contributed by atoms with van der Waals surface area (Å²) in [5.41, 5.74) is 0.0127. The molecule has 1 aromatic heterocycles. The zero-order valence-corrected chi connectivity index (χ0v) is 12.1. The van der Waals surface area contributed by atoms with Crippen molar-refractivity contribution in [3.05, 3.63) is 24.1 Å². The van der Waals surface area contributed by atoms with Crippen LogP contribution in [0.5, 0.6) is 5.88 Å². The quantitative estimate of drug-likeness (QED) is 0.831. The normalized spacial score (nSPS) is 32.3. The van der Waals surface area contributed by atoms with Crippen LogP contribution in [0.15, 0.2) is 18.3 Å². The number of nitrogens with zero attached hydrogens (tertiary/aromatic N) is 2. The van der Waals surface area contributed by atoms with Crippen LogP contribution in [0, 0.1) is 23.1 Å². The van der Waals surface area contributed by atoms with Gasteiger partial charge in [0.15, 0.2) is 5.82 Å². The number of ether oxygens (including phenoxy) is 2. The van der Waals surface area contributed by atoms with E-state index in [9.17, 15) is 4.39 Å². The summed E-state index contributed by atoms with van der Waals surface area (Å²) in [6, 6.07) is 2.96. The van der Waals surface area contributed by atoms with Crippen LogP contribution in [-0.4, -0.2) is 49.3 Å². The lowest BCUT2D eigenvalue weighted by Gasteiger charge is -2.27. The van der Waals surface area contributed by atoms with Gasteiger partial charge in [-0.05, 0) is 30.9 Å². The van der Waals surface area contributed by atoms with Crippen LogP contribution in [0.4, 0.5) is 4.39 Å². The fourth-order valence-corrected chi connectivity index (χ4v) is 3.64. The lowest BCUT2D eigenvalue weighted by Crippen LogP contribution is -2.37. The minimum atomic E-state index is -0.391. The summed E-state index contributed by atoms with van der Waals surface area (Å²) in [5.74, 6) is 1.12. The Labute approximate surface area is 124 Å². The molecule has 1 aliphatic carbocycles. The Kier molecular flexibility index (Phi) is 3.34. The molecule has 0 bridgehead atoms. The number of rotatable bonds is 5. The summed E-state index contributed by atoms with van der Waals surface area (Å²) in [6.07, 6.45) is 4.31. The molecule has 114 valence electrons. The van der Waals surface area contributed by atoms with Crippen molar-refractivity contribution in [2.45, 2.75) is 12.8 Å². The van der Waals surface area contributed by atoms with E-state index in [-0.39, 0.29) is 11.3 Å². The van der Waals surface area contributed by atoms with Gasteiger partial charge in [0.25, 0.3) is 0 Å². The van der Waals surface area contributed by atoms with E-state index in [1.54, 1.807) is 12.3 Å². The summed E-state index contributed by atoms with van der Waals surface area (Å²) in [6.45, 7) is 5.30. The van der Waals surface area contributed by atoms with Gasteiger partial charge in [-0.2, -0.15) is 0 Å². The minimum Gasteiger partial charge on any atom is -0.475 e. The SMILES string of the molecule is Fc1cccnc1OC[C@@]12COC[C@@H]1CN(CC1CC1)C2. The summed E-state index contributed by atoms with van der Waals surface area (Å²) in [7, 11) is 0. The molecule has 0 aromatic carbocycles. The number of hydrogen-bond donors (Lipinski definition) is 0. The molecule has 5 heteroatoms. The van der Waals surface area contributed by atoms with Crippen molar-refractivity contribution < 1.29 is 13.9 Å². The average Bonchev–Trinajstić information content (AvgIpc) is 3.09. The van der Waals surface area contributed by atoms with Gasteiger partial charge in [0, 0.05) is 37.2 Å². The highest BCUT2D eigenvalue weighted by atomic mass is 19.1. The van der Waals surface area contributed by atoms with E-state index < -0.39 is 5.82 Å². The van der Waals surface area contributed by atoms with Crippen LogP contribution < -0.4 is 4.74 Å². The third kappa shape index (κ3) is 2.64. The summed E-state index contributed by atoms with van der Waals surface area (Å²) >= 11 is 0. The van der Waals surface area contributed by atoms with Crippen molar-refractivity contribution in [1.29, 1.82) is 0 Å². The molecular formula is C16H21FN2O2. The number of hydrogen-bond acceptors (Lipinski definition) is 4. The number of pyridine rings is 1. The topological polar surface area (TPSA) is 34.6 Å². The highest BCUT2D eigenvalue weighted by Gasteiger charge is 2.51. The number of halogens is 1. The van der Waals surface area contributed by atoms with Crippen LogP contribution in [0.25, 0.3) is 0 Å². The summed E-state index contributed by atoms with van der Waals surface area (Å²) in [4.78, 5) is 6.52. The Morgan fingerprint density at radius 3 is 3.19 bits per heavy atom. The van der Waals surface area contributed by atoms with E-state index in [0.29, 0.717) is 19.1 Å². The van der Waals surface area contributed by atoms with E-state index >= 15 is 0 Å². The van der Waals surface area contributed by atoms with Crippen LogP contribution >= 0.6 is 0 Å². The molecule has 2 atom stereocenters. The molecule has 4 rings (SSSR count). The van der Waals surface area contributed by atoms with E-state index in [2.05, 4.69) is 9.88 Å². The molecule has 0 spiro atoms. The number of likely N-dealkylation sites (tertiary alicyclic amines) is 1. The molecule has 2 aliphatic heterocycles. The Hall–Kier alpha value is -1.20. The minimum absolute atomic E-state index is 0.0127. The molecular weight excluding hydrogens is 271 g/mol. The first kappa shape index (κ1) is 13.5. The lowest BCUT2D eigenvalue weighted by atomic mass is 9.82. The molecule has 1 saturated carbocycles. The summed E-state index contributed by atoms with van der Waals surface area (Å²) in [5, 5.41) is 0. The van der Waals surface area contributed by atoms with Crippen molar-refractivity contribution in [1.82, 2.24) is 9.88 Å². The van der Waals surface area contributed by atoms with E-state index in [1.165, 1.54) is 25.5 Å². The van der Waals surface area contributed by atoms with Crippen molar-refractivity contribution in [2.75, 3.05) is 39.5 Å². The van der Waals surface area contributed by atoms with Gasteiger partial charge in [-0.1, -0.05) is 0 Å². The van der Waals surface area contributed by atoms with Crippen molar-refractivity contribution >= 4 is 0 Å². The number of fused-ring (bicyclic) bond motifs is 1. The number of aromatic nitrogens is 1. The Bertz CT molecular complexity index is 523. The second kappa shape index (κ2) is 5.21. The first-order chi connectivity index (χ1) is 10.3. The van der Waals surface area contributed by atoms with E-state index in [0.717, 1.165) is 25.6 Å². The van der Waals surface area contributed by atoms with Crippen LogP contribution in [0.3, 0.4) is 0 Å². The fourth-order valence-electron chi connectivity index (χ4n) is 3.64. The largest absolute Gasteiger partial charge is 0.475 e. The first-order valence-electron chi connectivity index (χ1n) is 7.79. The van der Waals surface area contributed by atoms with Gasteiger partial charge >= 0.3 is 0 Å². The fraction of sp³-hybridized carbons (Fsp3) is 0.688. The van der Waals surface area contributed by atoms with Gasteiger partial charge < -0.3 is 14.4 Å². The highest BCUT2D eigenvalue weighted by molar-refractivity contribution is 5.13. The smallest absolute Gasteiger partial charge is 0.250 e. The maximum Gasteiger partial charge on any atom is 0.250 e. The summed E-state index contributed by atoms with van der Waals surface area (Å²) < 4.78 is 25.0. The van der Waals surface area contributed by atoms with Gasteiger partial charge in [-0.3, -0.25) is 0 Å². The van der Waals surface area contributed by atoms with E-state index in [4.69, 9.17) is 9.47 Å². The van der Waals surface area contributed by atoms with Crippen LogP contribution in [0.1, 0.15) is 12.8 Å². The molecule has 0 N–H and O–H groups in total. The van der Waals surface area contributed by atoms with Crippen LogP contribution in [-0.2, 0) is 4.74 Å². The van der Waals surface area contributed by atoms with Crippen molar-refractivity contribution in [3.8, 4) is 5.88 Å². The molecule has 4 nitrogen and oxygen atoms in total. The molecule has 0 radical (unpaired) electrons. The predicted molar refractivity (Wildman–Crippen MR) is 75.6 cm³/mol.